The van der Waals surface area contributed by atoms with E-state index in [0.717, 1.165) is 11.3 Å². The molecule has 0 fully saturated rings. The maximum Gasteiger partial charge on any atom is 0.258 e. The first-order chi connectivity index (χ1) is 10.5. The number of hydrogen-bond acceptors (Lipinski definition) is 5. The topological polar surface area (TPSA) is 99.8 Å². The van der Waals surface area contributed by atoms with Crippen molar-refractivity contribution in [1.82, 2.24) is 14.3 Å². The molecule has 1 atom stereocenters. The van der Waals surface area contributed by atoms with E-state index in [0.29, 0.717) is 18.5 Å². The highest BCUT2D eigenvalue weighted by molar-refractivity contribution is 7.89. The number of rotatable bonds is 3. The van der Waals surface area contributed by atoms with Crippen LogP contribution >= 0.6 is 0 Å². The van der Waals surface area contributed by atoms with Crippen LogP contribution in [-0.2, 0) is 23.5 Å². The van der Waals surface area contributed by atoms with Gasteiger partial charge in [-0.15, -0.1) is 0 Å². The molecule has 2 heterocycles. The van der Waals surface area contributed by atoms with Crippen molar-refractivity contribution in [3.05, 3.63) is 41.9 Å². The minimum absolute atomic E-state index is 0.129. The molecule has 1 aliphatic heterocycles. The Morgan fingerprint density at radius 3 is 3.00 bits per heavy atom. The zero-order valence-corrected chi connectivity index (χ0v) is 12.8. The van der Waals surface area contributed by atoms with Crippen molar-refractivity contribution in [1.29, 1.82) is 5.26 Å². The predicted molar refractivity (Wildman–Crippen MR) is 80.7 cm³/mol. The highest BCUT2D eigenvalue weighted by Crippen LogP contribution is 2.23. The van der Waals surface area contributed by atoms with Crippen LogP contribution in [0.2, 0.25) is 0 Å². The maximum atomic E-state index is 12.4. The van der Waals surface area contributed by atoms with E-state index < -0.39 is 10.0 Å². The number of sulfonamides is 1. The van der Waals surface area contributed by atoms with E-state index in [-0.39, 0.29) is 11.1 Å². The molecule has 7 nitrogen and oxygen atoms in total. The van der Waals surface area contributed by atoms with Crippen molar-refractivity contribution in [3.63, 3.8) is 0 Å². The summed E-state index contributed by atoms with van der Waals surface area (Å²) in [6, 6.07) is 7.19. The van der Waals surface area contributed by atoms with Crippen LogP contribution in [-0.4, -0.2) is 30.6 Å². The summed E-state index contributed by atoms with van der Waals surface area (Å²) >= 11 is 0. The number of aryl methyl sites for hydroxylation is 1. The van der Waals surface area contributed by atoms with Crippen LogP contribution in [0, 0.1) is 11.3 Å². The van der Waals surface area contributed by atoms with Gasteiger partial charge in [0, 0.05) is 25.3 Å². The fourth-order valence-corrected chi connectivity index (χ4v) is 3.89. The number of imidazole rings is 1. The fraction of sp³-hybridized carbons (Fsp3) is 0.286. The molecule has 0 radical (unpaired) electrons. The minimum Gasteiger partial charge on any atom is -0.383 e. The first-order valence-electron chi connectivity index (χ1n) is 6.75. The minimum atomic E-state index is -3.62. The molecule has 1 aromatic carbocycles. The standard InChI is InChI=1S/C14H15N5O2S/c1-19-9-16-8-14(19)22(20,21)18-12-5-11-4-10(6-15)2-3-13(11)17-7-12/h2-4,8-9,12,17-18H,5,7H2,1H3. The normalized spacial score (nSPS) is 17.4. The third kappa shape index (κ3) is 2.68. The molecule has 3 rings (SSSR count). The fourth-order valence-electron chi connectivity index (χ4n) is 2.54. The van der Waals surface area contributed by atoms with Gasteiger partial charge < -0.3 is 9.88 Å². The highest BCUT2D eigenvalue weighted by atomic mass is 32.2. The molecular formula is C14H15N5O2S. The van der Waals surface area contributed by atoms with Crippen molar-refractivity contribution in [2.24, 2.45) is 7.05 Å². The van der Waals surface area contributed by atoms with E-state index >= 15 is 0 Å². The summed E-state index contributed by atoms with van der Waals surface area (Å²) in [6.45, 7) is 0.496. The van der Waals surface area contributed by atoms with Crippen LogP contribution in [0.1, 0.15) is 11.1 Å². The van der Waals surface area contributed by atoms with Gasteiger partial charge >= 0.3 is 0 Å². The van der Waals surface area contributed by atoms with Crippen LogP contribution < -0.4 is 10.0 Å². The Kier molecular flexibility index (Phi) is 3.60. The molecule has 2 aromatic rings. The second-order valence-corrected chi connectivity index (χ2v) is 6.89. The average Bonchev–Trinajstić information content (AvgIpc) is 2.93. The molecule has 0 saturated heterocycles. The van der Waals surface area contributed by atoms with E-state index in [9.17, 15) is 8.42 Å². The molecular weight excluding hydrogens is 302 g/mol. The molecule has 0 amide bonds. The summed E-state index contributed by atoms with van der Waals surface area (Å²) in [5.74, 6) is 0. The zero-order valence-electron chi connectivity index (χ0n) is 11.9. The number of anilines is 1. The Hall–Kier alpha value is -2.37. The first kappa shape index (κ1) is 14.6. The monoisotopic (exact) mass is 317 g/mol. The number of fused-ring (bicyclic) bond motifs is 1. The molecule has 1 aliphatic rings. The maximum absolute atomic E-state index is 12.4. The van der Waals surface area contributed by atoms with Crippen LogP contribution in [0.4, 0.5) is 5.69 Å². The van der Waals surface area contributed by atoms with E-state index in [2.05, 4.69) is 21.1 Å². The lowest BCUT2D eigenvalue weighted by Gasteiger charge is -2.26. The molecule has 8 heteroatoms. The lowest BCUT2D eigenvalue weighted by Crippen LogP contribution is -2.43. The molecule has 22 heavy (non-hydrogen) atoms. The van der Waals surface area contributed by atoms with Gasteiger partial charge in [0.05, 0.1) is 24.2 Å². The molecule has 0 aliphatic carbocycles. The predicted octanol–water partition coefficient (Wildman–Crippen LogP) is 0.607. The quantitative estimate of drug-likeness (QED) is 0.864. The molecule has 0 saturated carbocycles. The molecule has 114 valence electrons. The summed E-state index contributed by atoms with van der Waals surface area (Å²) in [7, 11) is -1.99. The Morgan fingerprint density at radius 2 is 2.32 bits per heavy atom. The number of benzene rings is 1. The number of hydrogen-bond donors (Lipinski definition) is 2. The van der Waals surface area contributed by atoms with Crippen molar-refractivity contribution in [2.45, 2.75) is 17.5 Å². The Labute approximate surface area is 128 Å². The SMILES string of the molecule is Cn1cncc1S(=O)(=O)NC1CNc2ccc(C#N)cc2C1. The van der Waals surface area contributed by atoms with Gasteiger partial charge in [-0.25, -0.2) is 18.1 Å². The summed E-state index contributed by atoms with van der Waals surface area (Å²) in [5, 5.41) is 12.3. The third-order valence-electron chi connectivity index (χ3n) is 3.61. The second kappa shape index (κ2) is 5.44. The smallest absolute Gasteiger partial charge is 0.258 e. The third-order valence-corrected chi connectivity index (χ3v) is 5.20. The van der Waals surface area contributed by atoms with Crippen LogP contribution in [0.5, 0.6) is 0 Å². The average molecular weight is 317 g/mol. The van der Waals surface area contributed by atoms with Crippen molar-refractivity contribution >= 4 is 15.7 Å². The number of nitriles is 1. The molecule has 1 unspecified atom stereocenters. The van der Waals surface area contributed by atoms with Crippen LogP contribution in [0.15, 0.2) is 35.7 Å². The van der Waals surface area contributed by atoms with E-state index in [1.807, 2.05) is 6.07 Å². The summed E-state index contributed by atoms with van der Waals surface area (Å²) in [4.78, 5) is 3.83. The Bertz CT molecular complexity index is 850. The van der Waals surface area contributed by atoms with Gasteiger partial charge in [-0.2, -0.15) is 5.26 Å². The zero-order chi connectivity index (χ0) is 15.7. The van der Waals surface area contributed by atoms with Crippen molar-refractivity contribution in [2.75, 3.05) is 11.9 Å². The Balaban J connectivity index is 1.81. The first-order valence-corrected chi connectivity index (χ1v) is 8.23. The van der Waals surface area contributed by atoms with Gasteiger partial charge in [0.2, 0.25) is 0 Å². The van der Waals surface area contributed by atoms with Gasteiger partial charge in [-0.3, -0.25) is 0 Å². The summed E-state index contributed by atoms with van der Waals surface area (Å²) in [6.07, 6.45) is 3.30. The number of aromatic nitrogens is 2. The van der Waals surface area contributed by atoms with E-state index in [1.165, 1.54) is 17.1 Å². The van der Waals surface area contributed by atoms with E-state index in [4.69, 9.17) is 5.26 Å². The Morgan fingerprint density at radius 1 is 1.50 bits per heavy atom. The number of nitrogens with zero attached hydrogens (tertiary/aromatic N) is 3. The van der Waals surface area contributed by atoms with Gasteiger partial charge in [-0.1, -0.05) is 0 Å². The lowest BCUT2D eigenvalue weighted by atomic mass is 9.98. The van der Waals surface area contributed by atoms with Gasteiger partial charge in [-0.05, 0) is 30.2 Å². The van der Waals surface area contributed by atoms with Crippen molar-refractivity contribution < 1.29 is 8.42 Å². The van der Waals surface area contributed by atoms with Crippen molar-refractivity contribution in [3.8, 4) is 6.07 Å². The summed E-state index contributed by atoms with van der Waals surface area (Å²) in [5.41, 5.74) is 2.44. The molecule has 2 N–H and O–H groups in total. The molecule has 1 aromatic heterocycles. The molecule has 0 bridgehead atoms. The van der Waals surface area contributed by atoms with Crippen LogP contribution in [0.3, 0.4) is 0 Å². The highest BCUT2D eigenvalue weighted by Gasteiger charge is 2.26. The summed E-state index contributed by atoms with van der Waals surface area (Å²) < 4.78 is 28.9. The van der Waals surface area contributed by atoms with E-state index in [1.54, 1.807) is 19.2 Å². The molecule has 0 spiro atoms. The van der Waals surface area contributed by atoms with Gasteiger partial charge in [0.1, 0.15) is 0 Å². The lowest BCUT2D eigenvalue weighted by molar-refractivity contribution is 0.540. The van der Waals surface area contributed by atoms with Gasteiger partial charge in [0.15, 0.2) is 5.03 Å². The largest absolute Gasteiger partial charge is 0.383 e. The van der Waals surface area contributed by atoms with Crippen LogP contribution in [0.25, 0.3) is 0 Å². The second-order valence-electron chi connectivity index (χ2n) is 5.23. The number of nitrogens with one attached hydrogen (secondary N) is 2. The van der Waals surface area contributed by atoms with Gasteiger partial charge in [0.25, 0.3) is 10.0 Å².